The second-order valence-corrected chi connectivity index (χ2v) is 8.26. The molecule has 1 N–H and O–H groups in total. The Balaban J connectivity index is 1.26. The fourth-order valence-electron chi connectivity index (χ4n) is 4.46. The van der Waals surface area contributed by atoms with Crippen LogP contribution >= 0.6 is 0 Å². The molecule has 1 saturated heterocycles. The lowest BCUT2D eigenvalue weighted by Gasteiger charge is -2.33. The second kappa shape index (κ2) is 8.36. The maximum atomic E-state index is 14.0. The maximum Gasteiger partial charge on any atom is 0.342 e. The number of carbonyl (C=O) groups excluding carboxylic acids is 3. The van der Waals surface area contributed by atoms with Crippen LogP contribution in [0.5, 0.6) is 0 Å². The highest BCUT2D eigenvalue weighted by atomic mass is 19.2. The van der Waals surface area contributed by atoms with Crippen molar-refractivity contribution in [3.63, 3.8) is 0 Å². The third-order valence-corrected chi connectivity index (χ3v) is 6.17. The molecule has 8 nitrogen and oxygen atoms in total. The Morgan fingerprint density at radius 3 is 2.61 bits per heavy atom. The quantitative estimate of drug-likeness (QED) is 0.719. The summed E-state index contributed by atoms with van der Waals surface area (Å²) in [6.07, 6.45) is 3.90. The number of amides is 4. The predicted octanol–water partition coefficient (Wildman–Crippen LogP) is 2.46. The van der Waals surface area contributed by atoms with E-state index in [4.69, 9.17) is 0 Å². The van der Waals surface area contributed by atoms with Gasteiger partial charge in [0.15, 0.2) is 5.82 Å². The molecule has 3 aliphatic heterocycles. The fourth-order valence-corrected chi connectivity index (χ4v) is 4.46. The smallest absolute Gasteiger partial charge is 0.295 e. The highest BCUT2D eigenvalue weighted by Crippen LogP contribution is 2.29. The van der Waals surface area contributed by atoms with E-state index in [1.165, 1.54) is 22.3 Å². The third-order valence-electron chi connectivity index (χ3n) is 6.17. The van der Waals surface area contributed by atoms with Gasteiger partial charge in [0.25, 0.3) is 5.91 Å². The summed E-state index contributed by atoms with van der Waals surface area (Å²) in [6.45, 7) is 2.33. The average molecular weight is 453 g/mol. The first kappa shape index (κ1) is 21.2. The summed E-state index contributed by atoms with van der Waals surface area (Å²) in [5.41, 5.74) is 3.39. The number of carbonyl (C=O) groups is 3. The van der Waals surface area contributed by atoms with Crippen molar-refractivity contribution >= 4 is 23.4 Å². The largest absolute Gasteiger partial charge is 0.342 e. The van der Waals surface area contributed by atoms with Gasteiger partial charge in [0.1, 0.15) is 0 Å². The molecule has 33 heavy (non-hydrogen) atoms. The molecule has 0 saturated carbocycles. The molecule has 0 spiro atoms. The van der Waals surface area contributed by atoms with E-state index in [-0.39, 0.29) is 36.9 Å². The summed E-state index contributed by atoms with van der Waals surface area (Å²) in [5.74, 6) is -2.63. The van der Waals surface area contributed by atoms with Crippen LogP contribution in [-0.2, 0) is 17.9 Å². The van der Waals surface area contributed by atoms with Crippen molar-refractivity contribution in [1.82, 2.24) is 25.2 Å². The van der Waals surface area contributed by atoms with E-state index in [0.717, 1.165) is 16.7 Å². The molecule has 10 heteroatoms. The van der Waals surface area contributed by atoms with Crippen LogP contribution in [0.15, 0.2) is 36.5 Å². The lowest BCUT2D eigenvalue weighted by atomic mass is 9.99. The Labute approximate surface area is 188 Å². The maximum absolute atomic E-state index is 14.0. The van der Waals surface area contributed by atoms with Gasteiger partial charge >= 0.3 is 6.03 Å². The van der Waals surface area contributed by atoms with E-state index >= 15 is 0 Å². The first-order valence-corrected chi connectivity index (χ1v) is 10.7. The van der Waals surface area contributed by atoms with Crippen molar-refractivity contribution in [3.8, 4) is 0 Å². The minimum atomic E-state index is -1.09. The summed E-state index contributed by atoms with van der Waals surface area (Å²) < 4.78 is 27.5. The van der Waals surface area contributed by atoms with Crippen molar-refractivity contribution in [3.05, 3.63) is 70.6 Å². The number of hydrazine groups is 1. The average Bonchev–Trinajstić information content (AvgIpc) is 3.12. The molecular weight excluding hydrogens is 432 g/mol. The number of aromatic nitrogens is 1. The molecule has 0 atom stereocenters. The van der Waals surface area contributed by atoms with E-state index < -0.39 is 17.8 Å². The number of hydrogen-bond acceptors (Lipinski definition) is 5. The Kier molecular flexibility index (Phi) is 5.37. The predicted molar refractivity (Wildman–Crippen MR) is 113 cm³/mol. The number of fused-ring (bicyclic) bond motifs is 1. The molecule has 4 amide bonds. The van der Waals surface area contributed by atoms with Crippen LogP contribution < -0.4 is 5.32 Å². The van der Waals surface area contributed by atoms with Gasteiger partial charge in [-0.15, -0.1) is 0 Å². The number of hydrogen-bond donors (Lipinski definition) is 1. The highest BCUT2D eigenvalue weighted by molar-refractivity contribution is 6.01. The van der Waals surface area contributed by atoms with Crippen LogP contribution in [0.1, 0.15) is 39.9 Å². The normalized spacial score (nSPS) is 19.0. The van der Waals surface area contributed by atoms with E-state index in [1.54, 1.807) is 6.07 Å². The molecule has 0 bridgehead atoms. The molecule has 1 aromatic heterocycles. The second-order valence-electron chi connectivity index (χ2n) is 8.26. The molecular formula is C23H21F2N5O3. The van der Waals surface area contributed by atoms with Crippen LogP contribution in [0.25, 0.3) is 5.57 Å². The Morgan fingerprint density at radius 2 is 1.85 bits per heavy atom. The van der Waals surface area contributed by atoms with Crippen molar-refractivity contribution in [1.29, 1.82) is 0 Å². The van der Waals surface area contributed by atoms with Gasteiger partial charge in [-0.05, 0) is 35.3 Å². The molecule has 0 radical (unpaired) electrons. The topological polar surface area (TPSA) is 85.9 Å². The van der Waals surface area contributed by atoms with Crippen molar-refractivity contribution in [2.24, 2.45) is 0 Å². The molecule has 0 aliphatic carbocycles. The lowest BCUT2D eigenvalue weighted by Crippen LogP contribution is -2.56. The van der Waals surface area contributed by atoms with Crippen LogP contribution in [0.4, 0.5) is 13.6 Å². The number of urea groups is 1. The molecule has 0 unspecified atom stereocenters. The molecule has 1 aromatic carbocycles. The molecule has 5 rings (SSSR count). The molecule has 2 aromatic rings. The van der Waals surface area contributed by atoms with Crippen LogP contribution in [-0.4, -0.2) is 57.4 Å². The summed E-state index contributed by atoms with van der Waals surface area (Å²) in [5, 5.41) is 4.88. The van der Waals surface area contributed by atoms with Gasteiger partial charge in [-0.3, -0.25) is 19.8 Å². The Hall–Kier alpha value is -3.66. The molecule has 1 fully saturated rings. The number of benzene rings is 1. The van der Waals surface area contributed by atoms with E-state index in [0.29, 0.717) is 31.6 Å². The minimum Gasteiger partial charge on any atom is -0.295 e. The standard InChI is InChI=1S/C23H21F2N5O3/c24-20-17(3-7-26-21(20)25)15-4-8-28(9-5-15)12-14-1-2-18-16(11-14)13-30(22(18)32)29-10-6-19(31)27-23(29)33/h1-4,7,11H,5-6,8-10,12-13H2,(H,27,31,33). The van der Waals surface area contributed by atoms with E-state index in [2.05, 4.69) is 15.2 Å². The summed E-state index contributed by atoms with van der Waals surface area (Å²) in [6, 6.07) is 6.50. The molecule has 4 heterocycles. The number of nitrogens with one attached hydrogen (secondary N) is 1. The first-order chi connectivity index (χ1) is 15.9. The number of nitrogens with zero attached hydrogens (tertiary/aromatic N) is 4. The van der Waals surface area contributed by atoms with Crippen molar-refractivity contribution in [2.75, 3.05) is 19.6 Å². The van der Waals surface area contributed by atoms with Crippen LogP contribution in [0, 0.1) is 11.8 Å². The van der Waals surface area contributed by atoms with Gasteiger partial charge in [0.05, 0.1) is 13.1 Å². The third kappa shape index (κ3) is 3.97. The Morgan fingerprint density at radius 1 is 1.00 bits per heavy atom. The monoisotopic (exact) mass is 453 g/mol. The number of rotatable bonds is 4. The van der Waals surface area contributed by atoms with Crippen molar-refractivity contribution < 1.29 is 23.2 Å². The van der Waals surface area contributed by atoms with E-state index in [1.807, 2.05) is 18.2 Å². The minimum absolute atomic E-state index is 0.150. The van der Waals surface area contributed by atoms with Crippen LogP contribution in [0.2, 0.25) is 0 Å². The lowest BCUT2D eigenvalue weighted by molar-refractivity contribution is -0.123. The zero-order chi connectivity index (χ0) is 23.1. The first-order valence-electron chi connectivity index (χ1n) is 10.7. The van der Waals surface area contributed by atoms with Crippen LogP contribution in [0.3, 0.4) is 0 Å². The van der Waals surface area contributed by atoms with E-state index in [9.17, 15) is 23.2 Å². The molecule has 170 valence electrons. The van der Waals surface area contributed by atoms with Gasteiger partial charge < -0.3 is 0 Å². The highest BCUT2D eigenvalue weighted by Gasteiger charge is 2.36. The van der Waals surface area contributed by atoms with Gasteiger partial charge in [-0.1, -0.05) is 18.2 Å². The van der Waals surface area contributed by atoms with Crippen molar-refractivity contribution in [2.45, 2.75) is 25.9 Å². The zero-order valence-corrected chi connectivity index (χ0v) is 17.7. The molecule has 3 aliphatic rings. The summed E-state index contributed by atoms with van der Waals surface area (Å²) >= 11 is 0. The number of halogens is 2. The number of imide groups is 1. The van der Waals surface area contributed by atoms with Gasteiger partial charge in [0.2, 0.25) is 11.9 Å². The fraction of sp³-hybridized carbons (Fsp3) is 0.304. The van der Waals surface area contributed by atoms with Gasteiger partial charge in [-0.25, -0.2) is 24.2 Å². The SMILES string of the molecule is O=C1CCN(N2Cc3cc(CN4CC=C(c5ccnc(F)c5F)CC4)ccc3C2=O)C(=O)N1. The number of pyridine rings is 1. The Bertz CT molecular complexity index is 1200. The van der Waals surface area contributed by atoms with Gasteiger partial charge in [0, 0.05) is 43.4 Å². The summed E-state index contributed by atoms with van der Waals surface area (Å²) in [7, 11) is 0. The zero-order valence-electron chi connectivity index (χ0n) is 17.7. The van der Waals surface area contributed by atoms with Gasteiger partial charge in [-0.2, -0.15) is 4.39 Å². The summed E-state index contributed by atoms with van der Waals surface area (Å²) in [4.78, 5) is 41.8.